The molecule has 1 unspecified atom stereocenters. The molecule has 0 saturated heterocycles. The standard InChI is InChI=1S/C17H23N3/c1-3-7-15-12(2)18-17(20-16(15)13-10-11-13)19-14-8-5-4-6-9-14/h4-6,8-9,13,17-19H,3,7,10-11H2,1-2H3. The fourth-order valence-corrected chi connectivity index (χ4v) is 2.77. The molecule has 1 saturated carbocycles. The van der Waals surface area contributed by atoms with E-state index in [1.807, 2.05) is 18.2 Å². The second-order valence-corrected chi connectivity index (χ2v) is 5.70. The van der Waals surface area contributed by atoms with E-state index in [0.717, 1.165) is 12.1 Å². The van der Waals surface area contributed by atoms with E-state index in [2.05, 4.69) is 36.6 Å². The van der Waals surface area contributed by atoms with E-state index in [1.165, 1.54) is 36.2 Å². The Morgan fingerprint density at radius 3 is 2.65 bits per heavy atom. The molecule has 2 N–H and O–H groups in total. The zero-order valence-corrected chi connectivity index (χ0v) is 12.3. The SMILES string of the molecule is CCCC1=C(C)NC(Nc2ccccc2)N=C1C1CC1. The molecule has 3 nitrogen and oxygen atoms in total. The van der Waals surface area contributed by atoms with Crippen molar-refractivity contribution in [1.29, 1.82) is 0 Å². The highest BCUT2D eigenvalue weighted by Crippen LogP contribution is 2.36. The molecule has 2 aliphatic rings. The molecule has 1 aliphatic carbocycles. The van der Waals surface area contributed by atoms with Crippen LogP contribution in [-0.4, -0.2) is 12.0 Å². The van der Waals surface area contributed by atoms with Gasteiger partial charge in [0.1, 0.15) is 0 Å². The number of hydrogen-bond acceptors (Lipinski definition) is 3. The van der Waals surface area contributed by atoms with Gasteiger partial charge < -0.3 is 10.6 Å². The fraction of sp³-hybridized carbons (Fsp3) is 0.471. The first kappa shape index (κ1) is 13.2. The van der Waals surface area contributed by atoms with Crippen LogP contribution in [0.5, 0.6) is 0 Å². The van der Waals surface area contributed by atoms with Crippen LogP contribution in [-0.2, 0) is 0 Å². The van der Waals surface area contributed by atoms with Crippen molar-refractivity contribution in [1.82, 2.24) is 5.32 Å². The van der Waals surface area contributed by atoms with Crippen molar-refractivity contribution in [3.63, 3.8) is 0 Å². The average molecular weight is 269 g/mol. The largest absolute Gasteiger partial charge is 0.350 e. The van der Waals surface area contributed by atoms with E-state index in [4.69, 9.17) is 4.99 Å². The Hall–Kier alpha value is -1.77. The number of nitrogens with zero attached hydrogens (tertiary/aromatic N) is 1. The maximum atomic E-state index is 4.93. The van der Waals surface area contributed by atoms with E-state index in [0.29, 0.717) is 5.92 Å². The number of nitrogens with one attached hydrogen (secondary N) is 2. The highest BCUT2D eigenvalue weighted by atomic mass is 15.3. The van der Waals surface area contributed by atoms with Gasteiger partial charge in [0.2, 0.25) is 0 Å². The van der Waals surface area contributed by atoms with Crippen LogP contribution in [0.25, 0.3) is 0 Å². The number of aliphatic imine (C=N–C) groups is 1. The van der Waals surface area contributed by atoms with Crippen molar-refractivity contribution >= 4 is 11.4 Å². The lowest BCUT2D eigenvalue weighted by molar-refractivity contribution is 0.630. The average Bonchev–Trinajstić information content (AvgIpc) is 3.27. The molecule has 3 heteroatoms. The Morgan fingerprint density at radius 1 is 1.25 bits per heavy atom. The number of allylic oxidation sites excluding steroid dienone is 2. The van der Waals surface area contributed by atoms with Crippen LogP contribution >= 0.6 is 0 Å². The zero-order valence-electron chi connectivity index (χ0n) is 12.3. The molecule has 20 heavy (non-hydrogen) atoms. The summed E-state index contributed by atoms with van der Waals surface area (Å²) in [6.45, 7) is 4.42. The minimum absolute atomic E-state index is 0.0337. The van der Waals surface area contributed by atoms with Gasteiger partial charge in [-0.2, -0.15) is 0 Å². The van der Waals surface area contributed by atoms with Crippen molar-refractivity contribution in [2.45, 2.75) is 45.8 Å². The van der Waals surface area contributed by atoms with E-state index >= 15 is 0 Å². The highest BCUT2D eigenvalue weighted by Gasteiger charge is 2.33. The summed E-state index contributed by atoms with van der Waals surface area (Å²) in [5.41, 5.74) is 5.19. The summed E-state index contributed by atoms with van der Waals surface area (Å²) in [5.74, 6) is 0.702. The Bertz CT molecular complexity index is 526. The van der Waals surface area contributed by atoms with Gasteiger partial charge in [-0.15, -0.1) is 0 Å². The number of benzene rings is 1. The fourth-order valence-electron chi connectivity index (χ4n) is 2.77. The number of para-hydroxylation sites is 1. The van der Waals surface area contributed by atoms with Crippen LogP contribution in [0.2, 0.25) is 0 Å². The molecule has 0 bridgehead atoms. The van der Waals surface area contributed by atoms with E-state index in [1.54, 1.807) is 0 Å². The maximum Gasteiger partial charge on any atom is 0.194 e. The quantitative estimate of drug-likeness (QED) is 0.850. The summed E-state index contributed by atoms with van der Waals surface area (Å²) in [5, 5.41) is 6.95. The van der Waals surface area contributed by atoms with Gasteiger partial charge in [0.25, 0.3) is 0 Å². The molecule has 106 valence electrons. The number of anilines is 1. The summed E-state index contributed by atoms with van der Waals surface area (Å²) >= 11 is 0. The van der Waals surface area contributed by atoms with Gasteiger partial charge in [-0.05, 0) is 43.9 Å². The normalized spacial score (nSPS) is 22.3. The number of rotatable bonds is 5. The smallest absolute Gasteiger partial charge is 0.194 e. The molecule has 1 fully saturated rings. The highest BCUT2D eigenvalue weighted by molar-refractivity contribution is 6.04. The molecule has 1 aliphatic heterocycles. The second kappa shape index (κ2) is 5.70. The first-order valence-electron chi connectivity index (χ1n) is 7.64. The van der Waals surface area contributed by atoms with Crippen LogP contribution in [0.15, 0.2) is 46.6 Å². The predicted octanol–water partition coefficient (Wildman–Crippen LogP) is 3.91. The second-order valence-electron chi connectivity index (χ2n) is 5.70. The van der Waals surface area contributed by atoms with Crippen molar-refractivity contribution in [2.24, 2.45) is 10.9 Å². The van der Waals surface area contributed by atoms with E-state index < -0.39 is 0 Å². The molecule has 1 atom stereocenters. The third kappa shape index (κ3) is 2.87. The minimum atomic E-state index is -0.0337. The van der Waals surface area contributed by atoms with Crippen LogP contribution in [0.4, 0.5) is 5.69 Å². The van der Waals surface area contributed by atoms with Crippen molar-refractivity contribution in [2.75, 3.05) is 5.32 Å². The third-order valence-corrected chi connectivity index (χ3v) is 3.92. The van der Waals surface area contributed by atoms with Crippen LogP contribution in [0.1, 0.15) is 39.5 Å². The molecule has 0 radical (unpaired) electrons. The van der Waals surface area contributed by atoms with E-state index in [9.17, 15) is 0 Å². The summed E-state index contributed by atoms with van der Waals surface area (Å²) in [6, 6.07) is 10.3. The molecule has 0 aromatic heterocycles. The van der Waals surface area contributed by atoms with Crippen LogP contribution in [0.3, 0.4) is 0 Å². The minimum Gasteiger partial charge on any atom is -0.350 e. The summed E-state index contributed by atoms with van der Waals surface area (Å²) in [7, 11) is 0. The van der Waals surface area contributed by atoms with Gasteiger partial charge in [0.05, 0.1) is 0 Å². The lowest BCUT2D eigenvalue weighted by Crippen LogP contribution is -2.39. The molecular formula is C17H23N3. The monoisotopic (exact) mass is 269 g/mol. The van der Waals surface area contributed by atoms with Crippen molar-refractivity contribution in [3.05, 3.63) is 41.6 Å². The third-order valence-electron chi connectivity index (χ3n) is 3.92. The van der Waals surface area contributed by atoms with Crippen LogP contribution in [0, 0.1) is 5.92 Å². The van der Waals surface area contributed by atoms with Crippen LogP contribution < -0.4 is 10.6 Å². The Labute approximate surface area is 121 Å². The molecule has 1 aromatic carbocycles. The summed E-state index contributed by atoms with van der Waals surface area (Å²) in [6.07, 6.45) is 4.88. The topological polar surface area (TPSA) is 36.4 Å². The van der Waals surface area contributed by atoms with Crippen molar-refractivity contribution in [3.8, 4) is 0 Å². The lowest BCUT2D eigenvalue weighted by atomic mass is 9.98. The first-order valence-corrected chi connectivity index (χ1v) is 7.64. The first-order chi connectivity index (χ1) is 9.78. The van der Waals surface area contributed by atoms with E-state index in [-0.39, 0.29) is 6.29 Å². The molecule has 1 heterocycles. The molecule has 3 rings (SSSR count). The van der Waals surface area contributed by atoms with Gasteiger partial charge in [0, 0.05) is 23.0 Å². The molecule has 1 aromatic rings. The number of hydrogen-bond donors (Lipinski definition) is 2. The Kier molecular flexibility index (Phi) is 3.77. The zero-order chi connectivity index (χ0) is 13.9. The van der Waals surface area contributed by atoms with Gasteiger partial charge in [-0.1, -0.05) is 31.5 Å². The molecular weight excluding hydrogens is 246 g/mol. The summed E-state index contributed by atoms with van der Waals surface area (Å²) < 4.78 is 0. The molecule has 0 amide bonds. The molecule has 0 spiro atoms. The summed E-state index contributed by atoms with van der Waals surface area (Å²) in [4.78, 5) is 4.93. The van der Waals surface area contributed by atoms with Gasteiger partial charge in [0.15, 0.2) is 6.29 Å². The Balaban J connectivity index is 1.79. The lowest BCUT2D eigenvalue weighted by Gasteiger charge is -2.28. The van der Waals surface area contributed by atoms with Crippen molar-refractivity contribution < 1.29 is 0 Å². The van der Waals surface area contributed by atoms with Gasteiger partial charge in [-0.25, -0.2) is 4.99 Å². The van der Waals surface area contributed by atoms with Gasteiger partial charge in [-0.3, -0.25) is 0 Å². The Morgan fingerprint density at radius 2 is 2.00 bits per heavy atom. The van der Waals surface area contributed by atoms with Gasteiger partial charge >= 0.3 is 0 Å². The maximum absolute atomic E-state index is 4.93. The predicted molar refractivity (Wildman–Crippen MR) is 84.8 cm³/mol.